The number of thioether (sulfide) groups is 1. The lowest BCUT2D eigenvalue weighted by Crippen LogP contribution is -2.28. The van der Waals surface area contributed by atoms with Gasteiger partial charge in [-0.25, -0.2) is 12.7 Å². The number of amides is 1. The van der Waals surface area contributed by atoms with Crippen molar-refractivity contribution in [1.29, 1.82) is 0 Å². The number of unbranched alkanes of at least 4 members (excludes halogenated alkanes) is 1. The molecule has 1 heterocycles. The molecule has 0 spiro atoms. The van der Waals surface area contributed by atoms with Crippen molar-refractivity contribution >= 4 is 33.7 Å². The molecule has 10 heteroatoms. The van der Waals surface area contributed by atoms with Gasteiger partial charge >= 0.3 is 6.01 Å². The summed E-state index contributed by atoms with van der Waals surface area (Å²) in [7, 11) is -2.03. The number of nitrogens with one attached hydrogen (secondary N) is 1. The van der Waals surface area contributed by atoms with Gasteiger partial charge in [-0.05, 0) is 54.6 Å². The number of benzene rings is 2. The summed E-state index contributed by atoms with van der Waals surface area (Å²) in [5.74, 6) is -0.0819. The van der Waals surface area contributed by atoms with E-state index in [4.69, 9.17) is 4.42 Å². The number of aromatic nitrogens is 2. The highest BCUT2D eigenvalue weighted by Gasteiger charge is 2.21. The fraction of sp³-hybridized carbons (Fsp3) is 0.318. The topological polar surface area (TPSA) is 105 Å². The number of hydrogen-bond donors (Lipinski definition) is 1. The van der Waals surface area contributed by atoms with Crippen LogP contribution in [0.15, 0.2) is 62.7 Å². The Morgan fingerprint density at radius 1 is 1.09 bits per heavy atom. The first kappa shape index (κ1) is 24.0. The number of carbonyl (C=O) groups excluding carboxylic acids is 1. The molecule has 3 rings (SSSR count). The second-order valence-electron chi connectivity index (χ2n) is 7.18. The Hall–Kier alpha value is -2.69. The monoisotopic (exact) mass is 474 g/mol. The molecule has 0 fully saturated rings. The number of nitrogens with zero attached hydrogens (tertiary/aromatic N) is 3. The van der Waals surface area contributed by atoms with Crippen LogP contribution in [0.1, 0.15) is 41.6 Å². The summed E-state index contributed by atoms with van der Waals surface area (Å²) in [6, 6.07) is 13.8. The molecule has 2 aromatic carbocycles. The van der Waals surface area contributed by atoms with E-state index >= 15 is 0 Å². The van der Waals surface area contributed by atoms with E-state index in [1.165, 1.54) is 33.5 Å². The van der Waals surface area contributed by atoms with E-state index in [1.807, 2.05) is 37.4 Å². The second-order valence-corrected chi connectivity index (χ2v) is 10.1. The van der Waals surface area contributed by atoms with Crippen molar-refractivity contribution in [2.24, 2.45) is 0 Å². The second kappa shape index (κ2) is 10.8. The highest BCUT2D eigenvalue weighted by molar-refractivity contribution is 7.98. The zero-order valence-corrected chi connectivity index (χ0v) is 19.9. The fourth-order valence-corrected chi connectivity index (χ4v) is 4.54. The molecule has 32 heavy (non-hydrogen) atoms. The summed E-state index contributed by atoms with van der Waals surface area (Å²) in [6.45, 7) is 2.45. The quantitative estimate of drug-likeness (QED) is 0.442. The molecule has 1 N–H and O–H groups in total. The Balaban J connectivity index is 1.62. The van der Waals surface area contributed by atoms with Crippen LogP contribution in [-0.4, -0.2) is 48.7 Å². The molecule has 0 aliphatic heterocycles. The first-order valence-electron chi connectivity index (χ1n) is 10.2. The van der Waals surface area contributed by atoms with Crippen molar-refractivity contribution in [3.8, 4) is 0 Å². The molecule has 170 valence electrons. The van der Waals surface area contributed by atoms with Gasteiger partial charge in [-0.3, -0.25) is 10.1 Å². The van der Waals surface area contributed by atoms with E-state index in [-0.39, 0.29) is 16.5 Å². The van der Waals surface area contributed by atoms with E-state index in [9.17, 15) is 13.2 Å². The zero-order valence-electron chi connectivity index (χ0n) is 18.2. The van der Waals surface area contributed by atoms with Gasteiger partial charge in [0.1, 0.15) is 0 Å². The summed E-state index contributed by atoms with van der Waals surface area (Å²) in [6.07, 6.45) is 4.16. The molecule has 0 saturated carbocycles. The van der Waals surface area contributed by atoms with Crippen LogP contribution in [0, 0.1) is 0 Å². The number of hydrogen-bond acceptors (Lipinski definition) is 7. The largest absolute Gasteiger partial charge is 0.407 e. The maximum Gasteiger partial charge on any atom is 0.322 e. The summed E-state index contributed by atoms with van der Waals surface area (Å²) in [5, 5.41) is 10.4. The molecule has 1 amide bonds. The molecular formula is C22H26N4O4S2. The molecule has 0 radical (unpaired) electrons. The van der Waals surface area contributed by atoms with Crippen LogP contribution in [0.5, 0.6) is 0 Å². The summed E-state index contributed by atoms with van der Waals surface area (Å²) in [5.41, 5.74) is 1.30. The van der Waals surface area contributed by atoms with Crippen LogP contribution in [0.4, 0.5) is 6.01 Å². The van der Waals surface area contributed by atoms with Crippen molar-refractivity contribution in [2.75, 3.05) is 25.2 Å². The maximum absolute atomic E-state index is 12.6. The van der Waals surface area contributed by atoms with Crippen LogP contribution < -0.4 is 5.32 Å². The molecule has 0 atom stereocenters. The molecule has 1 aromatic heterocycles. The van der Waals surface area contributed by atoms with Crippen molar-refractivity contribution in [3.05, 3.63) is 65.5 Å². The summed E-state index contributed by atoms with van der Waals surface area (Å²) >= 11 is 1.66. The van der Waals surface area contributed by atoms with Crippen LogP contribution in [-0.2, 0) is 16.4 Å². The Morgan fingerprint density at radius 2 is 1.78 bits per heavy atom. The Morgan fingerprint density at radius 3 is 2.41 bits per heavy atom. The standard InChI is InChI=1S/C22H26N4O4S2/c1-4-5-14-26(2)32(28,29)19-12-8-17(9-13-19)21(27)23-22-25-24-20(30-22)15-16-6-10-18(31-3)11-7-16/h6-13H,4-5,14-15H2,1-3H3,(H,23,25,27). The van der Waals surface area contributed by atoms with E-state index in [0.717, 1.165) is 18.4 Å². The summed E-state index contributed by atoms with van der Waals surface area (Å²) < 4.78 is 32.0. The third-order valence-corrected chi connectivity index (χ3v) is 7.47. The van der Waals surface area contributed by atoms with Gasteiger partial charge in [0.25, 0.3) is 5.91 Å². The van der Waals surface area contributed by atoms with E-state index < -0.39 is 15.9 Å². The van der Waals surface area contributed by atoms with Gasteiger partial charge in [-0.15, -0.1) is 16.9 Å². The first-order chi connectivity index (χ1) is 15.3. The minimum atomic E-state index is -3.58. The third-order valence-electron chi connectivity index (χ3n) is 4.85. The van der Waals surface area contributed by atoms with Crippen molar-refractivity contribution in [3.63, 3.8) is 0 Å². The van der Waals surface area contributed by atoms with E-state index in [2.05, 4.69) is 15.5 Å². The van der Waals surface area contributed by atoms with Gasteiger partial charge in [0, 0.05) is 24.1 Å². The Labute approximate surface area is 192 Å². The summed E-state index contributed by atoms with van der Waals surface area (Å²) in [4.78, 5) is 13.8. The smallest absolute Gasteiger partial charge is 0.322 e. The molecule has 8 nitrogen and oxygen atoms in total. The average molecular weight is 475 g/mol. The lowest BCUT2D eigenvalue weighted by Gasteiger charge is -2.16. The van der Waals surface area contributed by atoms with Crippen molar-refractivity contribution in [2.45, 2.75) is 36.0 Å². The average Bonchev–Trinajstić information content (AvgIpc) is 3.24. The molecule has 0 aliphatic rings. The zero-order chi connectivity index (χ0) is 23.1. The first-order valence-corrected chi connectivity index (χ1v) is 12.8. The highest BCUT2D eigenvalue weighted by Crippen LogP contribution is 2.19. The maximum atomic E-state index is 12.6. The fourth-order valence-electron chi connectivity index (χ4n) is 2.92. The SMILES string of the molecule is CCCCN(C)S(=O)(=O)c1ccc(C(=O)Nc2nnc(Cc3ccc(SC)cc3)o2)cc1. The van der Waals surface area contributed by atoms with Gasteiger partial charge in [0.15, 0.2) is 0 Å². The van der Waals surface area contributed by atoms with Crippen LogP contribution in [0.25, 0.3) is 0 Å². The van der Waals surface area contributed by atoms with Crippen LogP contribution >= 0.6 is 11.8 Å². The molecule has 3 aromatic rings. The van der Waals surface area contributed by atoms with Gasteiger partial charge < -0.3 is 4.42 Å². The minimum Gasteiger partial charge on any atom is -0.407 e. The van der Waals surface area contributed by atoms with Crippen molar-refractivity contribution < 1.29 is 17.6 Å². The van der Waals surface area contributed by atoms with Gasteiger partial charge in [0.2, 0.25) is 15.9 Å². The molecule has 0 bridgehead atoms. The normalized spacial score (nSPS) is 11.6. The Bertz CT molecular complexity index is 1140. The van der Waals surface area contributed by atoms with E-state index in [0.29, 0.717) is 18.9 Å². The molecular weight excluding hydrogens is 448 g/mol. The Kier molecular flexibility index (Phi) is 8.05. The number of carbonyl (C=O) groups is 1. The van der Waals surface area contributed by atoms with E-state index in [1.54, 1.807) is 18.8 Å². The predicted molar refractivity (Wildman–Crippen MR) is 124 cm³/mol. The number of sulfonamides is 1. The molecule has 0 aliphatic carbocycles. The highest BCUT2D eigenvalue weighted by atomic mass is 32.2. The van der Waals surface area contributed by atoms with Gasteiger partial charge in [-0.1, -0.05) is 30.6 Å². The lowest BCUT2D eigenvalue weighted by molar-refractivity contribution is 0.102. The van der Waals surface area contributed by atoms with Crippen LogP contribution in [0.2, 0.25) is 0 Å². The van der Waals surface area contributed by atoms with Gasteiger partial charge in [0.05, 0.1) is 11.3 Å². The number of rotatable bonds is 10. The molecule has 0 unspecified atom stereocenters. The van der Waals surface area contributed by atoms with Gasteiger partial charge in [-0.2, -0.15) is 0 Å². The third kappa shape index (κ3) is 5.96. The van der Waals surface area contributed by atoms with Crippen molar-refractivity contribution in [1.82, 2.24) is 14.5 Å². The lowest BCUT2D eigenvalue weighted by atomic mass is 10.1. The minimum absolute atomic E-state index is 0.0123. The molecule has 0 saturated heterocycles. The predicted octanol–water partition coefficient (Wildman–Crippen LogP) is 4.06. The number of anilines is 1. The van der Waals surface area contributed by atoms with Crippen LogP contribution in [0.3, 0.4) is 0 Å².